The van der Waals surface area contributed by atoms with Gasteiger partial charge >= 0.3 is 5.82 Å². The maximum atomic E-state index is 10.5. The molecule has 0 bridgehead atoms. The molecule has 5 nitrogen and oxygen atoms in total. The lowest BCUT2D eigenvalue weighted by Gasteiger charge is -1.94. The highest BCUT2D eigenvalue weighted by Crippen LogP contribution is 2.13. The second kappa shape index (κ2) is 4.04. The third kappa shape index (κ3) is 2.06. The number of nitrogens with zero attached hydrogens (tertiary/aromatic N) is 3. The zero-order chi connectivity index (χ0) is 9.84. The van der Waals surface area contributed by atoms with Crippen LogP contribution in [0.5, 0.6) is 0 Å². The Morgan fingerprint density at radius 3 is 3.08 bits per heavy atom. The molecule has 0 amide bonds. The summed E-state index contributed by atoms with van der Waals surface area (Å²) in [6.07, 6.45) is 4.37. The van der Waals surface area contributed by atoms with Gasteiger partial charge in [-0.15, -0.1) is 11.6 Å². The van der Waals surface area contributed by atoms with Crippen LogP contribution < -0.4 is 0 Å². The first-order valence-corrected chi connectivity index (χ1v) is 4.11. The van der Waals surface area contributed by atoms with Crippen molar-refractivity contribution in [1.29, 1.82) is 0 Å². The molecule has 1 aromatic rings. The van der Waals surface area contributed by atoms with Crippen LogP contribution in [0.25, 0.3) is 6.20 Å². The quantitative estimate of drug-likeness (QED) is 0.426. The molecule has 0 saturated carbocycles. The van der Waals surface area contributed by atoms with Crippen molar-refractivity contribution in [1.82, 2.24) is 9.55 Å². The molecule has 0 fully saturated rings. The SMILES string of the molecule is Cc1ncc([N+](=O)[O-])n1C=CCCl. The Morgan fingerprint density at radius 1 is 1.85 bits per heavy atom. The average Bonchev–Trinajstić information content (AvgIpc) is 2.43. The number of alkyl halides is 1. The summed E-state index contributed by atoms with van der Waals surface area (Å²) in [6.45, 7) is 1.69. The Balaban J connectivity index is 3.08. The molecular formula is C7H8ClN3O2. The molecule has 0 saturated heterocycles. The molecule has 6 heteroatoms. The van der Waals surface area contributed by atoms with Crippen molar-refractivity contribution in [3.63, 3.8) is 0 Å². The van der Waals surface area contributed by atoms with E-state index >= 15 is 0 Å². The first-order valence-electron chi connectivity index (χ1n) is 3.57. The number of aryl methyl sites for hydroxylation is 1. The number of imidazole rings is 1. The summed E-state index contributed by atoms with van der Waals surface area (Å²) in [5.41, 5.74) is 0. The molecule has 0 aliphatic rings. The van der Waals surface area contributed by atoms with E-state index in [0.29, 0.717) is 11.7 Å². The summed E-state index contributed by atoms with van der Waals surface area (Å²) in [5.74, 6) is 0.821. The lowest BCUT2D eigenvalue weighted by molar-refractivity contribution is -0.390. The summed E-state index contributed by atoms with van der Waals surface area (Å²) in [5, 5.41) is 10.5. The second-order valence-electron chi connectivity index (χ2n) is 2.33. The van der Waals surface area contributed by atoms with Crippen LogP contribution in [0.4, 0.5) is 5.82 Å². The number of allylic oxidation sites excluding steroid dienone is 1. The maximum Gasteiger partial charge on any atom is 0.347 e. The minimum Gasteiger partial charge on any atom is -0.358 e. The summed E-state index contributed by atoms with van der Waals surface area (Å²) < 4.78 is 1.38. The fourth-order valence-electron chi connectivity index (χ4n) is 0.906. The first kappa shape index (κ1) is 9.73. The van der Waals surface area contributed by atoms with E-state index < -0.39 is 4.92 Å². The van der Waals surface area contributed by atoms with Crippen molar-refractivity contribution in [2.45, 2.75) is 6.92 Å². The van der Waals surface area contributed by atoms with Crippen LogP contribution in [0.15, 0.2) is 12.3 Å². The smallest absolute Gasteiger partial charge is 0.347 e. The zero-order valence-corrected chi connectivity index (χ0v) is 7.73. The highest BCUT2D eigenvalue weighted by molar-refractivity contribution is 6.19. The fraction of sp³-hybridized carbons (Fsp3) is 0.286. The van der Waals surface area contributed by atoms with E-state index in [0.717, 1.165) is 0 Å². The van der Waals surface area contributed by atoms with Gasteiger partial charge in [0.2, 0.25) is 0 Å². The number of nitro groups is 1. The molecule has 0 radical (unpaired) electrons. The molecule has 0 N–H and O–H groups in total. The molecule has 1 heterocycles. The van der Waals surface area contributed by atoms with Gasteiger partial charge in [-0.3, -0.25) is 0 Å². The third-order valence-electron chi connectivity index (χ3n) is 1.49. The van der Waals surface area contributed by atoms with E-state index in [1.165, 1.54) is 17.0 Å². The molecule has 1 aromatic heterocycles. The standard InChI is InChI=1S/C7H8ClN3O2/c1-6-9-5-7(11(12)13)10(6)4-2-3-8/h2,4-5H,3H2,1H3. The van der Waals surface area contributed by atoms with Gasteiger partial charge in [-0.2, -0.15) is 4.57 Å². The molecule has 0 unspecified atom stereocenters. The number of halogens is 1. The van der Waals surface area contributed by atoms with Crippen molar-refractivity contribution in [3.05, 3.63) is 28.2 Å². The minimum absolute atomic E-state index is 0.0566. The molecule has 0 spiro atoms. The predicted molar refractivity (Wildman–Crippen MR) is 49.7 cm³/mol. The first-order chi connectivity index (χ1) is 6.16. The number of rotatable bonds is 3. The highest BCUT2D eigenvalue weighted by Gasteiger charge is 2.14. The van der Waals surface area contributed by atoms with Crippen LogP contribution >= 0.6 is 11.6 Å². The van der Waals surface area contributed by atoms with E-state index in [1.54, 1.807) is 13.0 Å². The van der Waals surface area contributed by atoms with Crippen molar-refractivity contribution in [3.8, 4) is 0 Å². The highest BCUT2D eigenvalue weighted by atomic mass is 35.5. The van der Waals surface area contributed by atoms with Crippen LogP contribution in [0.1, 0.15) is 5.82 Å². The largest absolute Gasteiger partial charge is 0.358 e. The van der Waals surface area contributed by atoms with E-state index in [1.807, 2.05) is 0 Å². The lowest BCUT2D eigenvalue weighted by atomic mass is 10.6. The molecule has 1 rings (SSSR count). The van der Waals surface area contributed by atoms with Gasteiger partial charge in [0.25, 0.3) is 0 Å². The van der Waals surface area contributed by atoms with Crippen LogP contribution in [0.3, 0.4) is 0 Å². The van der Waals surface area contributed by atoms with E-state index in [4.69, 9.17) is 11.6 Å². The Kier molecular flexibility index (Phi) is 3.02. The zero-order valence-electron chi connectivity index (χ0n) is 6.98. The molecule has 0 aromatic carbocycles. The number of aromatic nitrogens is 2. The molecular weight excluding hydrogens is 194 g/mol. The van der Waals surface area contributed by atoms with Gasteiger partial charge in [0.05, 0.1) is 6.20 Å². The van der Waals surface area contributed by atoms with Crippen molar-refractivity contribution in [2.24, 2.45) is 0 Å². The van der Waals surface area contributed by atoms with Gasteiger partial charge in [-0.1, -0.05) is 0 Å². The predicted octanol–water partition coefficient (Wildman–Crippen LogP) is 1.81. The summed E-state index contributed by atoms with van der Waals surface area (Å²) in [7, 11) is 0. The van der Waals surface area contributed by atoms with E-state index in [2.05, 4.69) is 4.98 Å². The van der Waals surface area contributed by atoms with Gasteiger partial charge in [-0.25, -0.2) is 4.98 Å². The van der Waals surface area contributed by atoms with E-state index in [-0.39, 0.29) is 5.82 Å². The topological polar surface area (TPSA) is 61.0 Å². The molecule has 0 aliphatic heterocycles. The lowest BCUT2D eigenvalue weighted by Crippen LogP contribution is -1.97. The second-order valence-corrected chi connectivity index (χ2v) is 2.64. The van der Waals surface area contributed by atoms with Gasteiger partial charge in [0, 0.05) is 12.8 Å². The van der Waals surface area contributed by atoms with Crippen LogP contribution in [0.2, 0.25) is 0 Å². The van der Waals surface area contributed by atoms with Gasteiger partial charge in [0.15, 0.2) is 5.82 Å². The van der Waals surface area contributed by atoms with Crippen molar-refractivity contribution < 1.29 is 4.92 Å². The fourth-order valence-corrected chi connectivity index (χ4v) is 0.986. The summed E-state index contributed by atoms with van der Waals surface area (Å²) in [4.78, 5) is 13.8. The van der Waals surface area contributed by atoms with Crippen molar-refractivity contribution in [2.75, 3.05) is 5.88 Å². The van der Waals surface area contributed by atoms with Gasteiger partial charge in [0.1, 0.15) is 6.20 Å². The van der Waals surface area contributed by atoms with Crippen LogP contribution in [-0.4, -0.2) is 20.4 Å². The molecule has 70 valence electrons. The molecule has 0 atom stereocenters. The minimum atomic E-state index is -0.488. The third-order valence-corrected chi connectivity index (χ3v) is 1.67. The normalized spacial score (nSPS) is 10.9. The Bertz CT molecular complexity index is 346. The Morgan fingerprint density at radius 2 is 2.54 bits per heavy atom. The Labute approximate surface area is 79.8 Å². The summed E-state index contributed by atoms with van der Waals surface area (Å²) in [6, 6.07) is 0. The average molecular weight is 202 g/mol. The monoisotopic (exact) mass is 201 g/mol. The van der Waals surface area contributed by atoms with E-state index in [9.17, 15) is 10.1 Å². The van der Waals surface area contributed by atoms with Gasteiger partial charge < -0.3 is 10.1 Å². The Hall–Kier alpha value is -1.36. The van der Waals surface area contributed by atoms with Crippen molar-refractivity contribution >= 4 is 23.6 Å². The number of hydrogen-bond donors (Lipinski definition) is 0. The molecule has 13 heavy (non-hydrogen) atoms. The number of hydrogen-bond acceptors (Lipinski definition) is 3. The van der Waals surface area contributed by atoms with Crippen LogP contribution in [0, 0.1) is 17.0 Å². The molecule has 0 aliphatic carbocycles. The summed E-state index contributed by atoms with van der Waals surface area (Å²) >= 11 is 5.41. The van der Waals surface area contributed by atoms with Gasteiger partial charge in [-0.05, 0) is 11.0 Å². The van der Waals surface area contributed by atoms with Crippen LogP contribution in [-0.2, 0) is 0 Å². The maximum absolute atomic E-state index is 10.5.